The van der Waals surface area contributed by atoms with Crippen molar-refractivity contribution in [3.8, 4) is 0 Å². The number of pyridine rings is 1. The molecule has 2 aromatic heterocycles. The number of aromatic nitrogens is 1. The van der Waals surface area contributed by atoms with Gasteiger partial charge in [-0.3, -0.25) is 4.98 Å². The second kappa shape index (κ2) is 18.6. The van der Waals surface area contributed by atoms with Crippen LogP contribution in [0.15, 0.2) is 48.3 Å². The van der Waals surface area contributed by atoms with Gasteiger partial charge in [0, 0.05) is 17.3 Å². The van der Waals surface area contributed by atoms with Gasteiger partial charge in [-0.2, -0.15) is 0 Å². The molecule has 0 aliphatic carbocycles. The van der Waals surface area contributed by atoms with Gasteiger partial charge < -0.3 is 10.0 Å². The molecule has 4 heteroatoms. The number of allylic oxidation sites excluding steroid dienone is 1. The highest BCUT2D eigenvalue weighted by molar-refractivity contribution is 7.10. The predicted octanol–water partition coefficient (Wildman–Crippen LogP) is 9.52. The summed E-state index contributed by atoms with van der Waals surface area (Å²) in [4.78, 5) is 8.03. The van der Waals surface area contributed by atoms with Crippen LogP contribution in [0.3, 0.4) is 0 Å². The zero-order valence-electron chi connectivity index (χ0n) is 24.2. The highest BCUT2D eigenvalue weighted by Crippen LogP contribution is 2.31. The normalized spacial score (nSPS) is 14.4. The quantitative estimate of drug-likeness (QED) is 0.239. The number of thiophene rings is 1. The number of hydrogen-bond donors (Lipinski definition) is 1. The van der Waals surface area contributed by atoms with E-state index in [1.807, 2.05) is 43.8 Å². The number of rotatable bonds is 11. The van der Waals surface area contributed by atoms with Crippen LogP contribution in [-0.4, -0.2) is 34.6 Å². The summed E-state index contributed by atoms with van der Waals surface area (Å²) in [5.74, 6) is 1.21. The number of unbranched alkanes of at least 4 members (excludes halogenated alkanes) is 4. The minimum absolute atomic E-state index is 0.222. The highest BCUT2D eigenvalue weighted by atomic mass is 32.1. The maximum atomic E-state index is 9.26. The van der Waals surface area contributed by atoms with Gasteiger partial charge in [0.1, 0.15) is 0 Å². The van der Waals surface area contributed by atoms with E-state index in [0.717, 1.165) is 10.8 Å². The molecule has 0 unspecified atom stereocenters. The van der Waals surface area contributed by atoms with E-state index in [4.69, 9.17) is 0 Å². The third kappa shape index (κ3) is 13.1. The first kappa shape index (κ1) is 32.4. The van der Waals surface area contributed by atoms with Crippen molar-refractivity contribution in [3.63, 3.8) is 0 Å². The van der Waals surface area contributed by atoms with Crippen LogP contribution in [0.5, 0.6) is 0 Å². The fraction of sp³-hybridized carbons (Fsp3) is 0.656. The molecule has 0 bridgehead atoms. The smallest absolute Gasteiger partial charge is 0.0959 e. The fourth-order valence-electron chi connectivity index (χ4n) is 4.33. The van der Waals surface area contributed by atoms with Gasteiger partial charge in [-0.25, -0.2) is 0 Å². The standard InChI is InChI=1S/C16H26N2.C9H12OS.C7H16/c1-3-15-6-9-18(10-7-15)8-4-5-16-11-14(2)12-17-13-16;1-7(10)9(2,3)8-5-4-6-11-8;1-3-5-7-6-4-2/h11-13,15H,3-10H2,1-2H3;4-6,10H,1H2,2-3H3;3-7H2,1-2H3. The van der Waals surface area contributed by atoms with E-state index in [0.29, 0.717) is 0 Å². The number of hydrogen-bond acceptors (Lipinski definition) is 4. The molecule has 1 N–H and O–H groups in total. The van der Waals surface area contributed by atoms with Crippen LogP contribution in [0.4, 0.5) is 0 Å². The Kier molecular flexibility index (Phi) is 16.7. The molecule has 0 spiro atoms. The number of nitrogens with zero attached hydrogens (tertiary/aromatic N) is 2. The Bertz CT molecular complexity index is 803. The molecule has 1 aliphatic heterocycles. The van der Waals surface area contributed by atoms with Crippen molar-refractivity contribution >= 4 is 11.3 Å². The van der Waals surface area contributed by atoms with E-state index in [-0.39, 0.29) is 11.2 Å². The van der Waals surface area contributed by atoms with E-state index in [9.17, 15) is 5.11 Å². The third-order valence-electron chi connectivity index (χ3n) is 7.22. The Labute approximate surface area is 227 Å². The Morgan fingerprint density at radius 2 is 1.75 bits per heavy atom. The second-order valence-corrected chi connectivity index (χ2v) is 11.7. The van der Waals surface area contributed by atoms with Crippen LogP contribution in [-0.2, 0) is 11.8 Å². The Balaban J connectivity index is 0.000000306. The lowest BCUT2D eigenvalue weighted by molar-refractivity contribution is 0.180. The molecule has 0 amide bonds. The Morgan fingerprint density at radius 3 is 2.25 bits per heavy atom. The van der Waals surface area contributed by atoms with Crippen LogP contribution in [0, 0.1) is 12.8 Å². The van der Waals surface area contributed by atoms with Crippen LogP contribution >= 0.6 is 11.3 Å². The number of aliphatic hydroxyl groups excluding tert-OH is 1. The lowest BCUT2D eigenvalue weighted by Gasteiger charge is -2.31. The highest BCUT2D eigenvalue weighted by Gasteiger charge is 2.24. The minimum Gasteiger partial charge on any atom is -0.512 e. The van der Waals surface area contributed by atoms with Gasteiger partial charge in [-0.1, -0.05) is 78.0 Å². The average molecular weight is 515 g/mol. The number of piperidine rings is 1. The number of aryl methyl sites for hydroxylation is 2. The molecule has 0 aromatic carbocycles. The van der Waals surface area contributed by atoms with Gasteiger partial charge in [0.2, 0.25) is 0 Å². The molecule has 0 radical (unpaired) electrons. The van der Waals surface area contributed by atoms with Crippen molar-refractivity contribution in [3.05, 3.63) is 64.3 Å². The zero-order valence-corrected chi connectivity index (χ0v) is 25.0. The topological polar surface area (TPSA) is 36.4 Å². The largest absolute Gasteiger partial charge is 0.512 e. The Hall–Kier alpha value is -1.65. The van der Waals surface area contributed by atoms with Gasteiger partial charge >= 0.3 is 0 Å². The summed E-state index contributed by atoms with van der Waals surface area (Å²) in [6, 6.07) is 6.24. The minimum atomic E-state index is -0.297. The molecular formula is C32H54N2OS. The first-order valence-electron chi connectivity index (χ1n) is 14.3. The molecule has 3 rings (SSSR count). The summed E-state index contributed by atoms with van der Waals surface area (Å²) in [5.41, 5.74) is 2.36. The van der Waals surface area contributed by atoms with Gasteiger partial charge in [-0.05, 0) is 94.6 Å². The molecule has 1 aliphatic rings. The van der Waals surface area contributed by atoms with Gasteiger partial charge in [0.25, 0.3) is 0 Å². The van der Waals surface area contributed by atoms with Gasteiger partial charge in [-0.15, -0.1) is 11.3 Å². The summed E-state index contributed by atoms with van der Waals surface area (Å²) in [7, 11) is 0. The number of likely N-dealkylation sites (tertiary alicyclic amines) is 1. The fourth-order valence-corrected chi connectivity index (χ4v) is 5.21. The maximum absolute atomic E-state index is 9.26. The van der Waals surface area contributed by atoms with Gasteiger partial charge in [0.05, 0.1) is 11.2 Å². The molecule has 36 heavy (non-hydrogen) atoms. The van der Waals surface area contributed by atoms with E-state index < -0.39 is 0 Å². The molecule has 0 atom stereocenters. The molecule has 1 saturated heterocycles. The van der Waals surface area contributed by atoms with Crippen molar-refractivity contribution < 1.29 is 5.11 Å². The molecular weight excluding hydrogens is 460 g/mol. The molecule has 0 saturated carbocycles. The lowest BCUT2D eigenvalue weighted by Crippen LogP contribution is -2.34. The summed E-state index contributed by atoms with van der Waals surface area (Å²) in [6.45, 7) is 20.3. The molecule has 1 fully saturated rings. The molecule has 3 nitrogen and oxygen atoms in total. The monoisotopic (exact) mass is 514 g/mol. The molecule has 204 valence electrons. The van der Waals surface area contributed by atoms with E-state index in [2.05, 4.69) is 50.2 Å². The van der Waals surface area contributed by atoms with Crippen molar-refractivity contribution in [2.24, 2.45) is 5.92 Å². The third-order valence-corrected chi connectivity index (χ3v) is 8.42. The van der Waals surface area contributed by atoms with Crippen molar-refractivity contribution in [2.45, 2.75) is 111 Å². The first-order valence-corrected chi connectivity index (χ1v) is 15.2. The number of aliphatic hydroxyl groups is 1. The Morgan fingerprint density at radius 1 is 1.08 bits per heavy atom. The van der Waals surface area contributed by atoms with E-state index in [1.54, 1.807) is 11.3 Å². The zero-order chi connectivity index (χ0) is 26.8. The van der Waals surface area contributed by atoms with Crippen molar-refractivity contribution in [2.75, 3.05) is 19.6 Å². The average Bonchev–Trinajstić information content (AvgIpc) is 3.42. The van der Waals surface area contributed by atoms with Crippen LogP contribution in [0.25, 0.3) is 0 Å². The van der Waals surface area contributed by atoms with Crippen LogP contribution in [0.2, 0.25) is 0 Å². The first-order chi connectivity index (χ1) is 17.2. The van der Waals surface area contributed by atoms with Crippen LogP contribution < -0.4 is 0 Å². The summed E-state index contributed by atoms with van der Waals surface area (Å²) < 4.78 is 0. The van der Waals surface area contributed by atoms with Crippen molar-refractivity contribution in [1.82, 2.24) is 9.88 Å². The van der Waals surface area contributed by atoms with Crippen LogP contribution in [0.1, 0.15) is 108 Å². The molecule has 2 aromatic rings. The lowest BCUT2D eigenvalue weighted by atomic mass is 9.90. The summed E-state index contributed by atoms with van der Waals surface area (Å²) in [6.07, 6.45) is 17.6. The van der Waals surface area contributed by atoms with E-state index in [1.165, 1.54) is 95.0 Å². The van der Waals surface area contributed by atoms with Gasteiger partial charge in [0.15, 0.2) is 0 Å². The van der Waals surface area contributed by atoms with E-state index >= 15 is 0 Å². The second-order valence-electron chi connectivity index (χ2n) is 10.8. The maximum Gasteiger partial charge on any atom is 0.0959 e. The SMILES string of the molecule is C=C(O)C(C)(C)c1cccs1.CCC1CCN(CCCc2cncc(C)c2)CC1.CCCCCCC. The summed E-state index contributed by atoms with van der Waals surface area (Å²) >= 11 is 1.64. The van der Waals surface area contributed by atoms with Crippen molar-refractivity contribution in [1.29, 1.82) is 0 Å². The summed E-state index contributed by atoms with van der Waals surface area (Å²) in [5, 5.41) is 11.3. The molecule has 3 heterocycles. The predicted molar refractivity (Wildman–Crippen MR) is 160 cm³/mol.